The minimum atomic E-state index is 0.371. The smallest absolute Gasteiger partial charge is 0.225 e. The van der Waals surface area contributed by atoms with E-state index in [2.05, 4.69) is 21.8 Å². The van der Waals surface area contributed by atoms with Gasteiger partial charge in [-0.25, -0.2) is 9.97 Å². The van der Waals surface area contributed by atoms with E-state index in [4.69, 9.17) is 9.72 Å². The van der Waals surface area contributed by atoms with Crippen molar-refractivity contribution in [1.82, 2.24) is 14.9 Å². The van der Waals surface area contributed by atoms with Crippen molar-refractivity contribution >= 4 is 5.95 Å². The molecule has 4 rings (SSSR count). The Hall–Kier alpha value is -1.20. The van der Waals surface area contributed by atoms with Gasteiger partial charge in [0.25, 0.3) is 0 Å². The third kappa shape index (κ3) is 2.09. The zero-order valence-corrected chi connectivity index (χ0v) is 12.1. The molecule has 5 heteroatoms. The number of nitrogens with zero attached hydrogens (tertiary/aromatic N) is 4. The average molecular weight is 274 g/mol. The molecule has 20 heavy (non-hydrogen) atoms. The molecule has 0 saturated carbocycles. The highest BCUT2D eigenvalue weighted by atomic mass is 16.5. The van der Waals surface area contributed by atoms with Gasteiger partial charge >= 0.3 is 0 Å². The second-order valence-corrected chi connectivity index (χ2v) is 6.60. The zero-order valence-electron chi connectivity index (χ0n) is 12.1. The van der Waals surface area contributed by atoms with Crippen LogP contribution in [0.5, 0.6) is 0 Å². The number of anilines is 1. The maximum atomic E-state index is 5.60. The number of ether oxygens (including phenoxy) is 1. The van der Waals surface area contributed by atoms with E-state index >= 15 is 0 Å². The lowest BCUT2D eigenvalue weighted by molar-refractivity contribution is 0.160. The number of rotatable bonds is 1. The minimum Gasteiger partial charge on any atom is -0.381 e. The number of aromatic nitrogens is 2. The Kier molecular flexibility index (Phi) is 2.93. The van der Waals surface area contributed by atoms with Crippen molar-refractivity contribution < 1.29 is 4.74 Å². The first-order valence-corrected chi connectivity index (χ1v) is 7.60. The van der Waals surface area contributed by atoms with Gasteiger partial charge in [-0.3, -0.25) is 0 Å². The molecular weight excluding hydrogens is 252 g/mol. The maximum Gasteiger partial charge on any atom is 0.225 e. The molecule has 1 unspecified atom stereocenters. The Bertz CT molecular complexity index is 513. The van der Waals surface area contributed by atoms with Crippen LogP contribution in [0.1, 0.15) is 24.1 Å². The van der Waals surface area contributed by atoms with E-state index < -0.39 is 0 Å². The van der Waals surface area contributed by atoms with Crippen LogP contribution in [-0.4, -0.2) is 54.8 Å². The largest absolute Gasteiger partial charge is 0.381 e. The third-order valence-corrected chi connectivity index (χ3v) is 5.03. The number of likely N-dealkylation sites (N-methyl/N-ethyl adjacent to an activating group) is 1. The summed E-state index contributed by atoms with van der Waals surface area (Å²) in [7, 11) is 2.16. The van der Waals surface area contributed by atoms with Crippen LogP contribution in [-0.2, 0) is 17.7 Å². The van der Waals surface area contributed by atoms with Crippen molar-refractivity contribution in [1.29, 1.82) is 0 Å². The highest BCUT2D eigenvalue weighted by Gasteiger charge is 2.42. The summed E-state index contributed by atoms with van der Waals surface area (Å²) in [6.07, 6.45) is 5.52. The summed E-state index contributed by atoms with van der Waals surface area (Å²) in [5.41, 5.74) is 2.91. The molecule has 5 nitrogen and oxygen atoms in total. The van der Waals surface area contributed by atoms with Crippen molar-refractivity contribution in [3.05, 3.63) is 17.5 Å². The normalized spacial score (nSPS) is 30.1. The van der Waals surface area contributed by atoms with E-state index in [0.717, 1.165) is 51.8 Å². The van der Waals surface area contributed by atoms with Crippen LogP contribution >= 0.6 is 0 Å². The molecule has 0 bridgehead atoms. The lowest BCUT2D eigenvalue weighted by Crippen LogP contribution is -2.31. The predicted molar refractivity (Wildman–Crippen MR) is 76.8 cm³/mol. The Morgan fingerprint density at radius 3 is 3.10 bits per heavy atom. The molecule has 0 radical (unpaired) electrons. The quantitative estimate of drug-likeness (QED) is 0.766. The van der Waals surface area contributed by atoms with Gasteiger partial charge in [-0.05, 0) is 31.9 Å². The lowest BCUT2D eigenvalue weighted by Gasteiger charge is -2.26. The van der Waals surface area contributed by atoms with Crippen LogP contribution in [0.25, 0.3) is 0 Å². The van der Waals surface area contributed by atoms with E-state index in [1.54, 1.807) is 0 Å². The molecule has 0 amide bonds. The van der Waals surface area contributed by atoms with Crippen LogP contribution in [0.4, 0.5) is 5.95 Å². The van der Waals surface area contributed by atoms with Crippen LogP contribution in [0.3, 0.4) is 0 Å². The summed E-state index contributed by atoms with van der Waals surface area (Å²) in [6, 6.07) is 0. The molecule has 3 aliphatic rings. The van der Waals surface area contributed by atoms with Crippen LogP contribution in [0, 0.1) is 5.41 Å². The van der Waals surface area contributed by atoms with E-state index in [-0.39, 0.29) is 0 Å². The van der Waals surface area contributed by atoms with Crippen molar-refractivity contribution in [2.75, 3.05) is 44.8 Å². The molecule has 108 valence electrons. The summed E-state index contributed by atoms with van der Waals surface area (Å²) >= 11 is 0. The van der Waals surface area contributed by atoms with E-state index in [0.29, 0.717) is 5.41 Å². The zero-order chi connectivity index (χ0) is 13.6. The fraction of sp³-hybridized carbons (Fsp3) is 0.733. The molecule has 0 N–H and O–H groups in total. The summed E-state index contributed by atoms with van der Waals surface area (Å²) in [5, 5.41) is 0. The molecule has 1 aromatic heterocycles. The van der Waals surface area contributed by atoms with E-state index in [1.165, 1.54) is 24.1 Å². The van der Waals surface area contributed by atoms with Gasteiger partial charge < -0.3 is 14.5 Å². The van der Waals surface area contributed by atoms with Crippen molar-refractivity contribution in [3.8, 4) is 0 Å². The molecule has 4 heterocycles. The molecule has 3 aliphatic heterocycles. The SMILES string of the molecule is CN1CCc2cnc(N3CCC4(CCOC4)C3)nc2C1. The highest BCUT2D eigenvalue weighted by molar-refractivity contribution is 5.36. The molecule has 0 aromatic carbocycles. The van der Waals surface area contributed by atoms with Gasteiger partial charge in [0, 0.05) is 44.4 Å². The topological polar surface area (TPSA) is 41.5 Å². The molecule has 0 aliphatic carbocycles. The van der Waals surface area contributed by atoms with Crippen LogP contribution in [0.15, 0.2) is 6.20 Å². The van der Waals surface area contributed by atoms with Crippen LogP contribution in [0.2, 0.25) is 0 Å². The van der Waals surface area contributed by atoms with E-state index in [9.17, 15) is 0 Å². The van der Waals surface area contributed by atoms with Crippen molar-refractivity contribution in [2.45, 2.75) is 25.8 Å². The first kappa shape index (κ1) is 12.5. The molecule has 1 spiro atoms. The van der Waals surface area contributed by atoms with Gasteiger partial charge in [0.2, 0.25) is 5.95 Å². The third-order valence-electron chi connectivity index (χ3n) is 5.03. The van der Waals surface area contributed by atoms with Crippen molar-refractivity contribution in [3.63, 3.8) is 0 Å². The fourth-order valence-electron chi connectivity index (χ4n) is 3.65. The predicted octanol–water partition coefficient (Wildman–Crippen LogP) is 1.08. The standard InChI is InChI=1S/C15H22N4O/c1-18-5-2-12-8-16-14(17-13(12)9-18)19-6-3-15(10-19)4-7-20-11-15/h8H,2-7,9-11H2,1H3. The Balaban J connectivity index is 1.56. The second-order valence-electron chi connectivity index (χ2n) is 6.60. The fourth-order valence-corrected chi connectivity index (χ4v) is 3.65. The Morgan fingerprint density at radius 1 is 1.30 bits per heavy atom. The first-order valence-electron chi connectivity index (χ1n) is 7.60. The molecule has 1 aromatic rings. The van der Waals surface area contributed by atoms with Crippen molar-refractivity contribution in [2.24, 2.45) is 5.41 Å². The number of hydrogen-bond acceptors (Lipinski definition) is 5. The number of hydrogen-bond donors (Lipinski definition) is 0. The summed E-state index contributed by atoms with van der Waals surface area (Å²) < 4.78 is 5.60. The monoisotopic (exact) mass is 274 g/mol. The van der Waals surface area contributed by atoms with Gasteiger partial charge in [-0.15, -0.1) is 0 Å². The minimum absolute atomic E-state index is 0.371. The molecule has 2 fully saturated rings. The Morgan fingerprint density at radius 2 is 2.25 bits per heavy atom. The Labute approximate surface area is 120 Å². The summed E-state index contributed by atoms with van der Waals surface area (Å²) in [6.45, 7) is 6.02. The van der Waals surface area contributed by atoms with Gasteiger partial charge in [0.15, 0.2) is 0 Å². The molecule has 2 saturated heterocycles. The van der Waals surface area contributed by atoms with Crippen LogP contribution < -0.4 is 4.90 Å². The lowest BCUT2D eigenvalue weighted by atomic mass is 9.87. The second kappa shape index (κ2) is 4.67. The average Bonchev–Trinajstić information content (AvgIpc) is 3.09. The van der Waals surface area contributed by atoms with Gasteiger partial charge in [0.05, 0.1) is 12.3 Å². The van der Waals surface area contributed by atoms with Gasteiger partial charge in [-0.2, -0.15) is 0 Å². The molecular formula is C15H22N4O. The van der Waals surface area contributed by atoms with Gasteiger partial charge in [-0.1, -0.05) is 0 Å². The summed E-state index contributed by atoms with van der Waals surface area (Å²) in [4.78, 5) is 14.1. The number of fused-ring (bicyclic) bond motifs is 1. The van der Waals surface area contributed by atoms with E-state index in [1.807, 2.05) is 6.20 Å². The molecule has 1 atom stereocenters. The summed E-state index contributed by atoms with van der Waals surface area (Å²) in [5.74, 6) is 0.919. The first-order chi connectivity index (χ1) is 9.74. The maximum absolute atomic E-state index is 5.60. The van der Waals surface area contributed by atoms with Gasteiger partial charge in [0.1, 0.15) is 0 Å². The highest BCUT2D eigenvalue weighted by Crippen LogP contribution is 2.39.